The maximum absolute atomic E-state index is 6.11. The van der Waals surface area contributed by atoms with Crippen LogP contribution < -0.4 is 4.74 Å². The number of nitrogens with zero attached hydrogens (tertiary/aromatic N) is 1. The Balaban J connectivity index is 2.23. The van der Waals surface area contributed by atoms with E-state index in [0.29, 0.717) is 11.8 Å². The van der Waals surface area contributed by atoms with E-state index in [9.17, 15) is 0 Å². The highest BCUT2D eigenvalue weighted by atomic mass is 35.5. The number of aryl methyl sites for hydroxylation is 2. The van der Waals surface area contributed by atoms with Crippen LogP contribution in [0.4, 0.5) is 0 Å². The van der Waals surface area contributed by atoms with Gasteiger partial charge in [0.25, 0.3) is 0 Å². The Morgan fingerprint density at radius 2 is 1.83 bits per heavy atom. The molecule has 1 heterocycles. The standard InChI is InChI=1S/C14H13Cl2NO/c1-9-5-12(6-10(2)14(9)16)18-13-4-3-11(7-15)8-17-13/h3-6,8H,7H2,1-2H3. The third kappa shape index (κ3) is 2.95. The molecule has 94 valence electrons. The van der Waals surface area contributed by atoms with Crippen LogP contribution in [-0.4, -0.2) is 4.98 Å². The number of rotatable bonds is 3. The van der Waals surface area contributed by atoms with Crippen molar-refractivity contribution >= 4 is 23.2 Å². The molecule has 1 aromatic carbocycles. The molecule has 0 unspecified atom stereocenters. The maximum atomic E-state index is 6.11. The molecular weight excluding hydrogens is 269 g/mol. The fourth-order valence-corrected chi connectivity index (χ4v) is 1.90. The monoisotopic (exact) mass is 281 g/mol. The lowest BCUT2D eigenvalue weighted by atomic mass is 10.1. The number of hydrogen-bond acceptors (Lipinski definition) is 2. The largest absolute Gasteiger partial charge is 0.439 e. The lowest BCUT2D eigenvalue weighted by Crippen LogP contribution is -1.91. The van der Waals surface area contributed by atoms with Gasteiger partial charge >= 0.3 is 0 Å². The van der Waals surface area contributed by atoms with E-state index in [1.807, 2.05) is 32.0 Å². The average Bonchev–Trinajstić information content (AvgIpc) is 2.37. The van der Waals surface area contributed by atoms with Crippen LogP contribution in [0.15, 0.2) is 30.5 Å². The molecule has 0 saturated heterocycles. The van der Waals surface area contributed by atoms with Crippen LogP contribution in [0.3, 0.4) is 0 Å². The lowest BCUT2D eigenvalue weighted by molar-refractivity contribution is 0.462. The summed E-state index contributed by atoms with van der Waals surface area (Å²) < 4.78 is 5.68. The molecule has 0 spiro atoms. The Kier molecular flexibility index (Phi) is 4.10. The third-order valence-electron chi connectivity index (χ3n) is 2.58. The Morgan fingerprint density at radius 3 is 2.33 bits per heavy atom. The topological polar surface area (TPSA) is 22.1 Å². The van der Waals surface area contributed by atoms with Gasteiger partial charge in [0.05, 0.1) is 0 Å². The van der Waals surface area contributed by atoms with Crippen molar-refractivity contribution in [2.75, 3.05) is 0 Å². The van der Waals surface area contributed by atoms with Gasteiger partial charge in [-0.05, 0) is 42.7 Å². The van der Waals surface area contributed by atoms with Crippen molar-refractivity contribution in [1.82, 2.24) is 4.98 Å². The second-order valence-corrected chi connectivity index (χ2v) is 4.76. The van der Waals surface area contributed by atoms with E-state index >= 15 is 0 Å². The summed E-state index contributed by atoms with van der Waals surface area (Å²) in [5.74, 6) is 1.73. The molecule has 2 rings (SSSR count). The highest BCUT2D eigenvalue weighted by Gasteiger charge is 2.05. The number of hydrogen-bond donors (Lipinski definition) is 0. The molecule has 0 aliphatic heterocycles. The zero-order valence-corrected chi connectivity index (χ0v) is 11.7. The van der Waals surface area contributed by atoms with Crippen LogP contribution in [0, 0.1) is 13.8 Å². The fraction of sp³-hybridized carbons (Fsp3) is 0.214. The lowest BCUT2D eigenvalue weighted by Gasteiger charge is -2.09. The average molecular weight is 282 g/mol. The van der Waals surface area contributed by atoms with Gasteiger partial charge in [0.2, 0.25) is 5.88 Å². The fourth-order valence-electron chi connectivity index (χ4n) is 1.64. The first-order chi connectivity index (χ1) is 8.60. The maximum Gasteiger partial charge on any atom is 0.219 e. The quantitative estimate of drug-likeness (QED) is 0.748. The second kappa shape index (κ2) is 5.59. The van der Waals surface area contributed by atoms with E-state index in [4.69, 9.17) is 27.9 Å². The normalized spacial score (nSPS) is 10.4. The van der Waals surface area contributed by atoms with E-state index in [2.05, 4.69) is 4.98 Å². The number of halogens is 2. The van der Waals surface area contributed by atoms with E-state index in [1.54, 1.807) is 12.3 Å². The first-order valence-electron chi connectivity index (χ1n) is 5.55. The molecule has 1 aromatic heterocycles. The van der Waals surface area contributed by atoms with Gasteiger partial charge in [0, 0.05) is 23.2 Å². The molecule has 4 heteroatoms. The van der Waals surface area contributed by atoms with Crippen LogP contribution in [0.25, 0.3) is 0 Å². The first-order valence-corrected chi connectivity index (χ1v) is 6.47. The molecule has 0 N–H and O–H groups in total. The highest BCUT2D eigenvalue weighted by Crippen LogP contribution is 2.28. The van der Waals surface area contributed by atoms with Gasteiger partial charge in [-0.1, -0.05) is 17.7 Å². The predicted molar refractivity (Wildman–Crippen MR) is 74.8 cm³/mol. The molecule has 0 fully saturated rings. The molecule has 2 aromatic rings. The molecule has 0 amide bonds. The van der Waals surface area contributed by atoms with Crippen molar-refractivity contribution < 1.29 is 4.74 Å². The van der Waals surface area contributed by atoms with Crippen molar-refractivity contribution in [2.24, 2.45) is 0 Å². The Hall–Kier alpha value is -1.25. The zero-order chi connectivity index (χ0) is 13.1. The molecule has 0 aliphatic carbocycles. The molecule has 0 aliphatic rings. The first kappa shape index (κ1) is 13.2. The number of alkyl halides is 1. The number of ether oxygens (including phenoxy) is 1. The molecule has 0 atom stereocenters. The SMILES string of the molecule is Cc1cc(Oc2ccc(CCl)cn2)cc(C)c1Cl. The molecule has 0 radical (unpaired) electrons. The van der Waals surface area contributed by atoms with Crippen LogP contribution in [0.1, 0.15) is 16.7 Å². The Bertz CT molecular complexity index is 529. The number of pyridine rings is 1. The summed E-state index contributed by atoms with van der Waals surface area (Å²) in [4.78, 5) is 4.19. The summed E-state index contributed by atoms with van der Waals surface area (Å²) >= 11 is 11.8. The van der Waals surface area contributed by atoms with Gasteiger partial charge in [-0.2, -0.15) is 0 Å². The van der Waals surface area contributed by atoms with Crippen LogP contribution in [0.2, 0.25) is 5.02 Å². The molecule has 18 heavy (non-hydrogen) atoms. The van der Waals surface area contributed by atoms with E-state index in [1.165, 1.54) is 0 Å². The number of aromatic nitrogens is 1. The predicted octanol–water partition coefficient (Wildman–Crippen LogP) is 4.88. The summed E-state index contributed by atoms with van der Waals surface area (Å²) in [6.07, 6.45) is 1.71. The minimum Gasteiger partial charge on any atom is -0.439 e. The van der Waals surface area contributed by atoms with Gasteiger partial charge in [-0.3, -0.25) is 0 Å². The molecule has 2 nitrogen and oxygen atoms in total. The van der Waals surface area contributed by atoms with E-state index in [0.717, 1.165) is 27.5 Å². The van der Waals surface area contributed by atoms with Crippen molar-refractivity contribution in [1.29, 1.82) is 0 Å². The summed E-state index contributed by atoms with van der Waals surface area (Å²) in [5, 5.41) is 0.771. The van der Waals surface area contributed by atoms with Crippen molar-refractivity contribution in [3.63, 3.8) is 0 Å². The zero-order valence-electron chi connectivity index (χ0n) is 10.2. The smallest absolute Gasteiger partial charge is 0.219 e. The van der Waals surface area contributed by atoms with Gasteiger partial charge in [-0.15, -0.1) is 11.6 Å². The van der Waals surface area contributed by atoms with E-state index < -0.39 is 0 Å². The van der Waals surface area contributed by atoms with Gasteiger partial charge in [0.1, 0.15) is 5.75 Å². The molecule has 0 bridgehead atoms. The Labute approximate surface area is 117 Å². The van der Waals surface area contributed by atoms with Gasteiger partial charge in [-0.25, -0.2) is 4.98 Å². The minimum absolute atomic E-state index is 0.451. The highest BCUT2D eigenvalue weighted by molar-refractivity contribution is 6.32. The molecule has 0 saturated carbocycles. The second-order valence-electron chi connectivity index (χ2n) is 4.11. The summed E-state index contributed by atoms with van der Waals surface area (Å²) in [6, 6.07) is 7.49. The molecular formula is C14H13Cl2NO. The van der Waals surface area contributed by atoms with Crippen molar-refractivity contribution in [3.8, 4) is 11.6 Å². The minimum atomic E-state index is 0.451. The van der Waals surface area contributed by atoms with Gasteiger partial charge < -0.3 is 4.74 Å². The van der Waals surface area contributed by atoms with Crippen LogP contribution >= 0.6 is 23.2 Å². The van der Waals surface area contributed by atoms with E-state index in [-0.39, 0.29) is 0 Å². The van der Waals surface area contributed by atoms with Crippen LogP contribution in [0.5, 0.6) is 11.6 Å². The summed E-state index contributed by atoms with van der Waals surface area (Å²) in [7, 11) is 0. The number of benzene rings is 1. The Morgan fingerprint density at radius 1 is 1.17 bits per heavy atom. The van der Waals surface area contributed by atoms with Crippen molar-refractivity contribution in [2.45, 2.75) is 19.7 Å². The summed E-state index contributed by atoms with van der Waals surface area (Å²) in [5.41, 5.74) is 2.94. The van der Waals surface area contributed by atoms with Crippen molar-refractivity contribution in [3.05, 3.63) is 52.2 Å². The third-order valence-corrected chi connectivity index (χ3v) is 3.49. The van der Waals surface area contributed by atoms with Crippen LogP contribution in [-0.2, 0) is 5.88 Å². The van der Waals surface area contributed by atoms with Gasteiger partial charge in [0.15, 0.2) is 0 Å². The summed E-state index contributed by atoms with van der Waals surface area (Å²) in [6.45, 7) is 3.90.